The highest BCUT2D eigenvalue weighted by Crippen LogP contribution is 2.37. The van der Waals surface area contributed by atoms with E-state index in [1.807, 2.05) is 30.3 Å². The van der Waals surface area contributed by atoms with Crippen LogP contribution in [0.5, 0.6) is 0 Å². The average molecular weight is 262 g/mol. The van der Waals surface area contributed by atoms with Crippen molar-refractivity contribution in [2.45, 2.75) is 51.7 Å². The highest BCUT2D eigenvalue weighted by Gasteiger charge is 2.31. The van der Waals surface area contributed by atoms with Gasteiger partial charge >= 0.3 is 5.97 Å². The van der Waals surface area contributed by atoms with Crippen LogP contribution in [0.1, 0.15) is 51.2 Å². The van der Waals surface area contributed by atoms with Crippen molar-refractivity contribution < 1.29 is 14.6 Å². The van der Waals surface area contributed by atoms with Gasteiger partial charge in [0.25, 0.3) is 0 Å². The van der Waals surface area contributed by atoms with E-state index >= 15 is 0 Å². The third-order valence-electron chi connectivity index (χ3n) is 3.94. The molecular formula is C16H22O3. The third-order valence-corrected chi connectivity index (χ3v) is 3.94. The summed E-state index contributed by atoms with van der Waals surface area (Å²) in [7, 11) is 0. The van der Waals surface area contributed by atoms with Gasteiger partial charge in [-0.05, 0) is 36.7 Å². The van der Waals surface area contributed by atoms with Crippen LogP contribution in [0, 0.1) is 5.41 Å². The zero-order valence-electron chi connectivity index (χ0n) is 11.6. The largest absolute Gasteiger partial charge is 0.479 e. The van der Waals surface area contributed by atoms with E-state index in [0.29, 0.717) is 5.41 Å². The summed E-state index contributed by atoms with van der Waals surface area (Å²) in [5.74, 6) is -0.906. The molecule has 0 spiro atoms. The van der Waals surface area contributed by atoms with Crippen LogP contribution in [0.4, 0.5) is 0 Å². The highest BCUT2D eigenvalue weighted by molar-refractivity contribution is 5.74. The first-order chi connectivity index (χ1) is 8.98. The van der Waals surface area contributed by atoms with E-state index in [-0.39, 0.29) is 6.10 Å². The minimum Gasteiger partial charge on any atom is -0.479 e. The molecular weight excluding hydrogens is 240 g/mol. The van der Waals surface area contributed by atoms with Crippen LogP contribution >= 0.6 is 0 Å². The predicted molar refractivity (Wildman–Crippen MR) is 73.9 cm³/mol. The van der Waals surface area contributed by atoms with E-state index in [2.05, 4.69) is 13.8 Å². The molecule has 1 aromatic carbocycles. The molecule has 1 N–H and O–H groups in total. The number of aliphatic carboxylic acids is 1. The highest BCUT2D eigenvalue weighted by atomic mass is 16.5. The average Bonchev–Trinajstić information content (AvgIpc) is 2.38. The van der Waals surface area contributed by atoms with Gasteiger partial charge in [0.2, 0.25) is 0 Å². The summed E-state index contributed by atoms with van der Waals surface area (Å²) >= 11 is 0. The van der Waals surface area contributed by atoms with Gasteiger partial charge < -0.3 is 9.84 Å². The van der Waals surface area contributed by atoms with Crippen molar-refractivity contribution in [2.24, 2.45) is 5.41 Å². The van der Waals surface area contributed by atoms with Crippen LogP contribution in [0.15, 0.2) is 30.3 Å². The Morgan fingerprint density at radius 1 is 1.26 bits per heavy atom. The Bertz CT molecular complexity index is 415. The van der Waals surface area contributed by atoms with Crippen LogP contribution in [-0.2, 0) is 9.53 Å². The predicted octanol–water partition coefficient (Wildman–Crippen LogP) is 3.80. The molecule has 3 nitrogen and oxygen atoms in total. The molecule has 1 aliphatic carbocycles. The first kappa shape index (κ1) is 14.1. The van der Waals surface area contributed by atoms with Crippen LogP contribution in [-0.4, -0.2) is 17.2 Å². The van der Waals surface area contributed by atoms with E-state index in [0.717, 1.165) is 31.2 Å². The minimum absolute atomic E-state index is 0.0642. The Hall–Kier alpha value is -1.35. The van der Waals surface area contributed by atoms with Crippen molar-refractivity contribution in [1.82, 2.24) is 0 Å². The molecule has 19 heavy (non-hydrogen) atoms. The van der Waals surface area contributed by atoms with Gasteiger partial charge in [-0.3, -0.25) is 0 Å². The van der Waals surface area contributed by atoms with Gasteiger partial charge in [-0.2, -0.15) is 0 Å². The van der Waals surface area contributed by atoms with Gasteiger partial charge in [0.15, 0.2) is 6.10 Å². The normalized spacial score (nSPS) is 20.9. The lowest BCUT2D eigenvalue weighted by Crippen LogP contribution is -2.29. The third kappa shape index (κ3) is 3.80. The monoisotopic (exact) mass is 262 g/mol. The summed E-state index contributed by atoms with van der Waals surface area (Å²) in [6, 6.07) is 9.19. The number of rotatable bonds is 4. The summed E-state index contributed by atoms with van der Waals surface area (Å²) in [6.07, 6.45) is 3.31. The van der Waals surface area contributed by atoms with Crippen molar-refractivity contribution in [3.63, 3.8) is 0 Å². The molecule has 0 aromatic heterocycles. The number of hydrogen-bond acceptors (Lipinski definition) is 2. The number of carboxylic acid groups (broad SMARTS) is 1. The Labute approximate surface area is 114 Å². The van der Waals surface area contributed by atoms with Crippen LogP contribution < -0.4 is 0 Å². The smallest absolute Gasteiger partial charge is 0.337 e. The van der Waals surface area contributed by atoms with E-state index in [1.165, 1.54) is 0 Å². The Balaban J connectivity index is 2.01. The fraction of sp³-hybridized carbons (Fsp3) is 0.562. The van der Waals surface area contributed by atoms with Gasteiger partial charge in [0, 0.05) is 0 Å². The van der Waals surface area contributed by atoms with Gasteiger partial charge in [-0.15, -0.1) is 0 Å². The molecule has 1 aromatic rings. The summed E-state index contributed by atoms with van der Waals surface area (Å²) in [4.78, 5) is 11.4. The first-order valence-corrected chi connectivity index (χ1v) is 6.91. The van der Waals surface area contributed by atoms with Gasteiger partial charge in [-0.1, -0.05) is 44.2 Å². The van der Waals surface area contributed by atoms with Crippen LogP contribution in [0.2, 0.25) is 0 Å². The number of hydrogen-bond donors (Lipinski definition) is 1. The number of carbonyl (C=O) groups is 1. The molecule has 0 amide bonds. The van der Waals surface area contributed by atoms with Gasteiger partial charge in [-0.25, -0.2) is 4.79 Å². The summed E-state index contributed by atoms with van der Waals surface area (Å²) in [5, 5.41) is 9.34. The van der Waals surface area contributed by atoms with E-state index in [9.17, 15) is 9.90 Å². The number of carboxylic acids is 1. The fourth-order valence-electron chi connectivity index (χ4n) is 2.61. The quantitative estimate of drug-likeness (QED) is 0.897. The molecule has 104 valence electrons. The fourth-order valence-corrected chi connectivity index (χ4v) is 2.61. The SMILES string of the molecule is CC1(C)CCC(OC(C(=O)O)c2ccccc2)CC1. The molecule has 1 fully saturated rings. The number of ether oxygens (including phenoxy) is 1. The topological polar surface area (TPSA) is 46.5 Å². The zero-order valence-corrected chi connectivity index (χ0v) is 11.6. The molecule has 1 saturated carbocycles. The maximum absolute atomic E-state index is 11.4. The van der Waals surface area contributed by atoms with Gasteiger partial charge in [0.05, 0.1) is 6.10 Å². The lowest BCUT2D eigenvalue weighted by Gasteiger charge is -2.35. The molecule has 0 bridgehead atoms. The molecule has 1 aliphatic rings. The lowest BCUT2D eigenvalue weighted by molar-refractivity contribution is -0.157. The minimum atomic E-state index is -0.906. The molecule has 0 aliphatic heterocycles. The second-order valence-corrected chi connectivity index (χ2v) is 6.13. The zero-order chi connectivity index (χ0) is 13.9. The van der Waals surface area contributed by atoms with Crippen molar-refractivity contribution >= 4 is 5.97 Å². The molecule has 1 atom stereocenters. The molecule has 0 heterocycles. The van der Waals surface area contributed by atoms with E-state index in [4.69, 9.17) is 4.74 Å². The lowest BCUT2D eigenvalue weighted by atomic mass is 9.76. The molecule has 2 rings (SSSR count). The summed E-state index contributed by atoms with van der Waals surface area (Å²) in [6.45, 7) is 4.52. The van der Waals surface area contributed by atoms with Crippen LogP contribution in [0.3, 0.4) is 0 Å². The van der Waals surface area contributed by atoms with Crippen molar-refractivity contribution in [1.29, 1.82) is 0 Å². The first-order valence-electron chi connectivity index (χ1n) is 6.91. The van der Waals surface area contributed by atoms with E-state index in [1.54, 1.807) is 0 Å². The standard InChI is InChI=1S/C16H22O3/c1-16(2)10-8-13(9-11-16)19-14(15(17)18)12-6-4-3-5-7-12/h3-7,13-14H,8-11H2,1-2H3,(H,17,18). The van der Waals surface area contributed by atoms with E-state index < -0.39 is 12.1 Å². The Morgan fingerprint density at radius 3 is 2.37 bits per heavy atom. The molecule has 0 radical (unpaired) electrons. The Morgan fingerprint density at radius 2 is 1.84 bits per heavy atom. The van der Waals surface area contributed by atoms with Crippen molar-refractivity contribution in [2.75, 3.05) is 0 Å². The van der Waals surface area contributed by atoms with Crippen LogP contribution in [0.25, 0.3) is 0 Å². The molecule has 3 heteroatoms. The molecule has 1 unspecified atom stereocenters. The van der Waals surface area contributed by atoms with Crippen molar-refractivity contribution in [3.05, 3.63) is 35.9 Å². The second-order valence-electron chi connectivity index (χ2n) is 6.13. The second kappa shape index (κ2) is 5.74. The summed E-state index contributed by atoms with van der Waals surface area (Å²) < 4.78 is 5.83. The Kier molecular flexibility index (Phi) is 4.25. The van der Waals surface area contributed by atoms with Crippen molar-refractivity contribution in [3.8, 4) is 0 Å². The van der Waals surface area contributed by atoms with Gasteiger partial charge in [0.1, 0.15) is 0 Å². The molecule has 0 saturated heterocycles. The number of benzene rings is 1. The maximum Gasteiger partial charge on any atom is 0.337 e. The maximum atomic E-state index is 11.4. The summed E-state index contributed by atoms with van der Waals surface area (Å²) in [5.41, 5.74) is 1.09.